The molecule has 1 aliphatic heterocycles. The summed E-state index contributed by atoms with van der Waals surface area (Å²) >= 11 is 0. The highest BCUT2D eigenvalue weighted by Crippen LogP contribution is 2.37. The maximum atomic E-state index is 14.1. The van der Waals surface area contributed by atoms with Crippen molar-refractivity contribution in [3.8, 4) is 0 Å². The average molecular weight is 280 g/mol. The quantitative estimate of drug-likeness (QED) is 0.888. The first kappa shape index (κ1) is 14.8. The van der Waals surface area contributed by atoms with Gasteiger partial charge in [-0.1, -0.05) is 12.1 Å². The number of hydrogen-bond donors (Lipinski definition) is 2. The van der Waals surface area contributed by atoms with Crippen LogP contribution in [0, 0.1) is 11.2 Å². The van der Waals surface area contributed by atoms with Crippen molar-refractivity contribution in [3.63, 3.8) is 0 Å². The summed E-state index contributed by atoms with van der Waals surface area (Å²) < 4.78 is 14.1. The van der Waals surface area contributed by atoms with Crippen molar-refractivity contribution in [2.75, 3.05) is 25.0 Å². The van der Waals surface area contributed by atoms with Gasteiger partial charge in [0.25, 0.3) is 0 Å². The molecule has 0 spiro atoms. The van der Waals surface area contributed by atoms with Gasteiger partial charge >= 0.3 is 0 Å². The number of anilines is 1. The average Bonchev–Trinajstić information content (AvgIpc) is 2.81. The maximum absolute atomic E-state index is 14.1. The molecule has 2 rings (SSSR count). The molecule has 110 valence electrons. The van der Waals surface area contributed by atoms with Gasteiger partial charge in [0.15, 0.2) is 0 Å². The fraction of sp³-hybridized carbons (Fsp3) is 0.533. The van der Waals surface area contributed by atoms with Gasteiger partial charge in [0.1, 0.15) is 5.82 Å². The van der Waals surface area contributed by atoms with E-state index in [-0.39, 0.29) is 11.7 Å². The Morgan fingerprint density at radius 3 is 2.85 bits per heavy atom. The molecule has 0 aliphatic carbocycles. The molecule has 1 aromatic carbocycles. The van der Waals surface area contributed by atoms with E-state index in [0.717, 1.165) is 0 Å². The van der Waals surface area contributed by atoms with Crippen LogP contribution in [0.25, 0.3) is 0 Å². The Bertz CT molecular complexity index is 519. The number of nitrogens with one attached hydrogen (secondary N) is 1. The number of benzene rings is 1. The monoisotopic (exact) mass is 280 g/mol. The molecule has 4 nitrogen and oxygen atoms in total. The summed E-state index contributed by atoms with van der Waals surface area (Å²) in [6.45, 7) is 4.55. The molecular weight excluding hydrogens is 259 g/mol. The van der Waals surface area contributed by atoms with Gasteiger partial charge in [0, 0.05) is 25.7 Å². The first-order chi connectivity index (χ1) is 9.39. The van der Waals surface area contributed by atoms with Crippen molar-refractivity contribution in [2.45, 2.75) is 26.4 Å². The van der Waals surface area contributed by atoms with E-state index >= 15 is 0 Å². The first-order valence-corrected chi connectivity index (χ1v) is 6.82. The van der Waals surface area contributed by atoms with Gasteiger partial charge in [-0.25, -0.2) is 4.39 Å². The number of para-hydroxylation sites is 1. The SMILES string of the molecule is CNC(=O)C1(C)CCN(c2c(F)cccc2[C@H](C)O)C1. The molecular formula is C15H21FN2O2. The number of aliphatic hydroxyl groups is 1. The fourth-order valence-electron chi connectivity index (χ4n) is 2.84. The van der Waals surface area contributed by atoms with E-state index < -0.39 is 11.5 Å². The second-order valence-corrected chi connectivity index (χ2v) is 5.66. The van der Waals surface area contributed by atoms with Crippen molar-refractivity contribution in [1.82, 2.24) is 5.32 Å². The van der Waals surface area contributed by atoms with Gasteiger partial charge in [0.2, 0.25) is 5.91 Å². The summed E-state index contributed by atoms with van der Waals surface area (Å²) in [6, 6.07) is 4.70. The van der Waals surface area contributed by atoms with Crippen LogP contribution in [0.4, 0.5) is 10.1 Å². The second-order valence-electron chi connectivity index (χ2n) is 5.66. The lowest BCUT2D eigenvalue weighted by molar-refractivity contribution is -0.128. The first-order valence-electron chi connectivity index (χ1n) is 6.82. The smallest absolute Gasteiger partial charge is 0.227 e. The number of rotatable bonds is 3. The summed E-state index contributed by atoms with van der Waals surface area (Å²) in [5, 5.41) is 12.5. The van der Waals surface area contributed by atoms with Crippen LogP contribution in [0.5, 0.6) is 0 Å². The largest absolute Gasteiger partial charge is 0.389 e. The van der Waals surface area contributed by atoms with E-state index in [2.05, 4.69) is 5.32 Å². The maximum Gasteiger partial charge on any atom is 0.227 e. The van der Waals surface area contributed by atoms with Crippen molar-refractivity contribution in [2.24, 2.45) is 5.41 Å². The Hall–Kier alpha value is -1.62. The topological polar surface area (TPSA) is 52.6 Å². The number of halogens is 1. The lowest BCUT2D eigenvalue weighted by atomic mass is 9.89. The lowest BCUT2D eigenvalue weighted by Gasteiger charge is -2.26. The third-order valence-electron chi connectivity index (χ3n) is 4.03. The summed E-state index contributed by atoms with van der Waals surface area (Å²) in [6.07, 6.45) is -0.0761. The lowest BCUT2D eigenvalue weighted by Crippen LogP contribution is -2.39. The molecule has 1 saturated heterocycles. The van der Waals surface area contributed by atoms with Crippen molar-refractivity contribution in [1.29, 1.82) is 0 Å². The van der Waals surface area contributed by atoms with Crippen LogP contribution in [0.1, 0.15) is 31.9 Å². The molecule has 20 heavy (non-hydrogen) atoms. The van der Waals surface area contributed by atoms with E-state index in [1.165, 1.54) is 6.07 Å². The highest BCUT2D eigenvalue weighted by molar-refractivity contribution is 5.83. The van der Waals surface area contributed by atoms with Gasteiger partial charge in [-0.15, -0.1) is 0 Å². The fourth-order valence-corrected chi connectivity index (χ4v) is 2.84. The van der Waals surface area contributed by atoms with Crippen molar-refractivity contribution >= 4 is 11.6 Å². The van der Waals surface area contributed by atoms with Gasteiger partial charge in [-0.05, 0) is 26.3 Å². The second kappa shape index (κ2) is 5.40. The van der Waals surface area contributed by atoms with Crippen molar-refractivity contribution in [3.05, 3.63) is 29.6 Å². The minimum Gasteiger partial charge on any atom is -0.389 e. The Morgan fingerprint density at radius 2 is 2.25 bits per heavy atom. The highest BCUT2D eigenvalue weighted by Gasteiger charge is 2.41. The van der Waals surface area contributed by atoms with E-state index in [1.807, 2.05) is 11.8 Å². The minimum absolute atomic E-state index is 0.0325. The Kier molecular flexibility index (Phi) is 3.99. The van der Waals surface area contributed by atoms with Crippen LogP contribution >= 0.6 is 0 Å². The molecule has 2 N–H and O–H groups in total. The van der Waals surface area contributed by atoms with Crippen LogP contribution in [0.3, 0.4) is 0 Å². The third-order valence-corrected chi connectivity index (χ3v) is 4.03. The molecule has 1 aliphatic rings. The minimum atomic E-state index is -0.743. The highest BCUT2D eigenvalue weighted by atomic mass is 19.1. The number of amides is 1. The number of nitrogens with zero attached hydrogens (tertiary/aromatic N) is 1. The molecule has 0 aromatic heterocycles. The number of aliphatic hydroxyl groups excluding tert-OH is 1. The molecule has 1 unspecified atom stereocenters. The van der Waals surface area contributed by atoms with Gasteiger partial charge in [-0.3, -0.25) is 4.79 Å². The number of carbonyl (C=O) groups excluding carboxylic acids is 1. The molecule has 1 aromatic rings. The Morgan fingerprint density at radius 1 is 1.55 bits per heavy atom. The predicted octanol–water partition coefficient (Wildman–Crippen LogP) is 1.84. The number of carbonyl (C=O) groups is 1. The third kappa shape index (κ3) is 2.50. The van der Waals surface area contributed by atoms with Crippen molar-refractivity contribution < 1.29 is 14.3 Å². The predicted molar refractivity (Wildman–Crippen MR) is 76.0 cm³/mol. The standard InChI is InChI=1S/C15H21FN2O2/c1-10(19)11-5-4-6-12(16)13(11)18-8-7-15(2,9-18)14(20)17-3/h4-6,10,19H,7-9H2,1-3H3,(H,17,20)/t10-,15?/m0/s1. The van der Waals surface area contributed by atoms with E-state index in [4.69, 9.17) is 0 Å². The Labute approximate surface area is 118 Å². The summed E-state index contributed by atoms with van der Waals surface area (Å²) in [7, 11) is 1.61. The molecule has 0 saturated carbocycles. The van der Waals surface area contributed by atoms with E-state index in [9.17, 15) is 14.3 Å². The van der Waals surface area contributed by atoms with Gasteiger partial charge in [0.05, 0.1) is 17.2 Å². The molecule has 1 fully saturated rings. The number of hydrogen-bond acceptors (Lipinski definition) is 3. The zero-order chi connectivity index (χ0) is 14.9. The molecule has 1 amide bonds. The van der Waals surface area contributed by atoms with E-state index in [0.29, 0.717) is 30.8 Å². The van der Waals surface area contributed by atoms with Crippen LogP contribution in [-0.2, 0) is 4.79 Å². The molecule has 0 bridgehead atoms. The zero-order valence-electron chi connectivity index (χ0n) is 12.1. The van der Waals surface area contributed by atoms with Crippen LogP contribution in [0.15, 0.2) is 18.2 Å². The van der Waals surface area contributed by atoms with Crippen LogP contribution in [0.2, 0.25) is 0 Å². The van der Waals surface area contributed by atoms with Gasteiger partial charge < -0.3 is 15.3 Å². The Balaban J connectivity index is 2.33. The molecule has 2 atom stereocenters. The molecule has 0 radical (unpaired) electrons. The normalized spacial score (nSPS) is 23.8. The summed E-state index contributed by atoms with van der Waals surface area (Å²) in [4.78, 5) is 13.8. The molecule has 5 heteroatoms. The molecule has 1 heterocycles. The van der Waals surface area contributed by atoms with Crippen LogP contribution < -0.4 is 10.2 Å². The summed E-state index contributed by atoms with van der Waals surface area (Å²) in [5.74, 6) is -0.389. The summed E-state index contributed by atoms with van der Waals surface area (Å²) in [5.41, 5.74) is 0.453. The zero-order valence-corrected chi connectivity index (χ0v) is 12.1. The van der Waals surface area contributed by atoms with Gasteiger partial charge in [-0.2, -0.15) is 0 Å². The van der Waals surface area contributed by atoms with Crippen LogP contribution in [-0.4, -0.2) is 31.2 Å². The van der Waals surface area contributed by atoms with E-state index in [1.54, 1.807) is 26.1 Å².